The van der Waals surface area contributed by atoms with Gasteiger partial charge in [-0.25, -0.2) is 9.50 Å². The van der Waals surface area contributed by atoms with Crippen LogP contribution in [0.2, 0.25) is 0 Å². The summed E-state index contributed by atoms with van der Waals surface area (Å²) < 4.78 is 27.8. The topological polar surface area (TPSA) is 30.2 Å². The molecule has 2 heterocycles. The van der Waals surface area contributed by atoms with Crippen LogP contribution in [0.1, 0.15) is 31.5 Å². The predicted molar refractivity (Wildman–Crippen MR) is 54.3 cm³/mol. The Hall–Kier alpha value is -1.52. The van der Waals surface area contributed by atoms with Crippen molar-refractivity contribution in [3.8, 4) is 0 Å². The zero-order chi connectivity index (χ0) is 11.5. The van der Waals surface area contributed by atoms with Crippen molar-refractivity contribution < 1.29 is 8.78 Å². The van der Waals surface area contributed by atoms with E-state index in [4.69, 9.17) is 0 Å². The molecule has 84 valence electrons. The van der Waals surface area contributed by atoms with E-state index in [0.29, 0.717) is 0 Å². The number of aromatic nitrogens is 3. The molecule has 5 heteroatoms. The SMILES string of the molecule is CC1(C)CCc2cnc3c(F)c(F)nn3c21. The molecular weight excluding hydrogens is 212 g/mol. The van der Waals surface area contributed by atoms with E-state index in [0.717, 1.165) is 24.1 Å². The van der Waals surface area contributed by atoms with Crippen LogP contribution >= 0.6 is 0 Å². The molecule has 3 rings (SSSR count). The molecule has 0 amide bonds. The number of aryl methyl sites for hydroxylation is 1. The maximum absolute atomic E-state index is 13.4. The first-order valence-corrected chi connectivity index (χ1v) is 5.23. The number of fused-ring (bicyclic) bond motifs is 3. The minimum atomic E-state index is -1.08. The second-order valence-corrected chi connectivity index (χ2v) is 4.86. The van der Waals surface area contributed by atoms with Crippen LogP contribution in [-0.4, -0.2) is 14.6 Å². The lowest BCUT2D eigenvalue weighted by atomic mass is 9.91. The molecule has 0 saturated heterocycles. The van der Waals surface area contributed by atoms with Gasteiger partial charge in [0.15, 0.2) is 5.65 Å². The second-order valence-electron chi connectivity index (χ2n) is 4.86. The van der Waals surface area contributed by atoms with E-state index in [1.165, 1.54) is 4.52 Å². The van der Waals surface area contributed by atoms with Gasteiger partial charge in [0.25, 0.3) is 5.95 Å². The summed E-state index contributed by atoms with van der Waals surface area (Å²) in [6, 6.07) is 0. The predicted octanol–water partition coefficient (Wildman–Crippen LogP) is 2.23. The highest BCUT2D eigenvalue weighted by Gasteiger charge is 2.34. The van der Waals surface area contributed by atoms with Crippen LogP contribution < -0.4 is 0 Å². The second kappa shape index (κ2) is 2.78. The third-order valence-electron chi connectivity index (χ3n) is 3.28. The summed E-state index contributed by atoms with van der Waals surface area (Å²) in [6.07, 6.45) is 3.46. The molecular formula is C11H11F2N3. The molecule has 3 nitrogen and oxygen atoms in total. The third kappa shape index (κ3) is 1.06. The van der Waals surface area contributed by atoms with E-state index in [1.54, 1.807) is 6.20 Å². The molecule has 2 aromatic heterocycles. The van der Waals surface area contributed by atoms with Crippen LogP contribution in [0.25, 0.3) is 5.65 Å². The third-order valence-corrected chi connectivity index (χ3v) is 3.28. The number of hydrogen-bond donors (Lipinski definition) is 0. The summed E-state index contributed by atoms with van der Waals surface area (Å²) in [6.45, 7) is 4.10. The van der Waals surface area contributed by atoms with Gasteiger partial charge in [0.2, 0.25) is 5.82 Å². The molecule has 0 bridgehead atoms. The molecule has 0 unspecified atom stereocenters. The van der Waals surface area contributed by atoms with Crippen molar-refractivity contribution in [1.82, 2.24) is 14.6 Å². The number of hydrogen-bond acceptors (Lipinski definition) is 2. The fraction of sp³-hybridized carbons (Fsp3) is 0.455. The van der Waals surface area contributed by atoms with Crippen LogP contribution in [-0.2, 0) is 11.8 Å². The first kappa shape index (κ1) is 9.69. The highest BCUT2D eigenvalue weighted by Crippen LogP contribution is 2.38. The lowest BCUT2D eigenvalue weighted by Crippen LogP contribution is -2.17. The van der Waals surface area contributed by atoms with E-state index in [-0.39, 0.29) is 11.1 Å². The van der Waals surface area contributed by atoms with Gasteiger partial charge in [-0.15, -0.1) is 5.10 Å². The molecule has 16 heavy (non-hydrogen) atoms. The Kier molecular flexibility index (Phi) is 1.68. The minimum Gasteiger partial charge on any atom is -0.234 e. The van der Waals surface area contributed by atoms with Gasteiger partial charge in [0, 0.05) is 11.6 Å². The van der Waals surface area contributed by atoms with Gasteiger partial charge in [-0.05, 0) is 18.4 Å². The summed E-state index contributed by atoms with van der Waals surface area (Å²) in [5.74, 6) is -2.05. The molecule has 0 fully saturated rings. The van der Waals surface area contributed by atoms with Gasteiger partial charge in [-0.2, -0.15) is 8.78 Å². The fourth-order valence-electron chi connectivity index (χ4n) is 2.44. The van der Waals surface area contributed by atoms with Gasteiger partial charge in [-0.1, -0.05) is 13.8 Å². The Balaban J connectivity index is 2.45. The van der Waals surface area contributed by atoms with Crippen LogP contribution in [0.5, 0.6) is 0 Å². The Bertz CT molecular complexity index is 586. The largest absolute Gasteiger partial charge is 0.271 e. The molecule has 2 aromatic rings. The molecule has 0 radical (unpaired) electrons. The quantitative estimate of drug-likeness (QED) is 0.685. The highest BCUT2D eigenvalue weighted by atomic mass is 19.2. The minimum absolute atomic E-state index is 0.0220. The normalized spacial score (nSPS) is 18.0. The number of nitrogens with zero attached hydrogens (tertiary/aromatic N) is 3. The van der Waals surface area contributed by atoms with Crippen LogP contribution in [0.3, 0.4) is 0 Å². The lowest BCUT2D eigenvalue weighted by Gasteiger charge is -2.18. The highest BCUT2D eigenvalue weighted by molar-refractivity contribution is 5.45. The molecule has 1 aliphatic carbocycles. The average molecular weight is 223 g/mol. The van der Waals surface area contributed by atoms with Crippen molar-refractivity contribution in [2.75, 3.05) is 0 Å². The van der Waals surface area contributed by atoms with Gasteiger partial charge >= 0.3 is 0 Å². The van der Waals surface area contributed by atoms with Crippen molar-refractivity contribution in [1.29, 1.82) is 0 Å². The fourth-order valence-corrected chi connectivity index (χ4v) is 2.44. The van der Waals surface area contributed by atoms with E-state index in [2.05, 4.69) is 23.9 Å². The molecule has 0 spiro atoms. The summed E-state index contributed by atoms with van der Waals surface area (Å²) in [4.78, 5) is 3.92. The van der Waals surface area contributed by atoms with Crippen molar-refractivity contribution >= 4 is 5.65 Å². The van der Waals surface area contributed by atoms with Gasteiger partial charge in [0.1, 0.15) is 0 Å². The number of halogens is 2. The lowest BCUT2D eigenvalue weighted by molar-refractivity contribution is 0.476. The van der Waals surface area contributed by atoms with E-state index in [1.807, 2.05) is 0 Å². The Labute approximate surface area is 91.1 Å². The average Bonchev–Trinajstić information content (AvgIpc) is 2.67. The van der Waals surface area contributed by atoms with Gasteiger partial charge in [0.05, 0.1) is 5.69 Å². The van der Waals surface area contributed by atoms with Gasteiger partial charge in [-0.3, -0.25) is 0 Å². The van der Waals surface area contributed by atoms with Crippen molar-refractivity contribution in [3.63, 3.8) is 0 Å². The zero-order valence-electron chi connectivity index (χ0n) is 9.09. The maximum atomic E-state index is 13.4. The smallest absolute Gasteiger partial charge is 0.234 e. The molecule has 0 aromatic carbocycles. The van der Waals surface area contributed by atoms with Crippen molar-refractivity contribution in [2.45, 2.75) is 32.1 Å². The van der Waals surface area contributed by atoms with E-state index in [9.17, 15) is 8.78 Å². The Morgan fingerprint density at radius 2 is 2.12 bits per heavy atom. The van der Waals surface area contributed by atoms with Crippen LogP contribution in [0.15, 0.2) is 6.20 Å². The monoisotopic (exact) mass is 223 g/mol. The van der Waals surface area contributed by atoms with Crippen LogP contribution in [0, 0.1) is 11.8 Å². The molecule has 1 aliphatic rings. The summed E-state index contributed by atoms with van der Waals surface area (Å²) in [7, 11) is 0. The molecule has 0 saturated carbocycles. The summed E-state index contributed by atoms with van der Waals surface area (Å²) in [5.41, 5.74) is 1.77. The molecule has 0 N–H and O–H groups in total. The first-order chi connectivity index (χ1) is 7.50. The maximum Gasteiger partial charge on any atom is 0.271 e. The van der Waals surface area contributed by atoms with E-state index >= 15 is 0 Å². The van der Waals surface area contributed by atoms with Gasteiger partial charge < -0.3 is 0 Å². The first-order valence-electron chi connectivity index (χ1n) is 5.23. The standard InChI is InChI=1S/C11H11F2N3/c1-11(2)4-3-6-5-14-10-7(12)9(13)15-16(10)8(6)11/h5H,3-4H2,1-2H3. The summed E-state index contributed by atoms with van der Waals surface area (Å²) in [5, 5.41) is 3.59. The molecule has 0 aliphatic heterocycles. The Morgan fingerprint density at radius 1 is 1.38 bits per heavy atom. The Morgan fingerprint density at radius 3 is 2.88 bits per heavy atom. The van der Waals surface area contributed by atoms with E-state index < -0.39 is 11.8 Å². The zero-order valence-corrected chi connectivity index (χ0v) is 9.09. The number of rotatable bonds is 0. The van der Waals surface area contributed by atoms with Crippen LogP contribution in [0.4, 0.5) is 8.78 Å². The van der Waals surface area contributed by atoms with Crippen molar-refractivity contribution in [3.05, 3.63) is 29.2 Å². The molecule has 0 atom stereocenters. The van der Waals surface area contributed by atoms with Crippen molar-refractivity contribution in [2.24, 2.45) is 0 Å². The summed E-state index contributed by atoms with van der Waals surface area (Å²) >= 11 is 0.